The molecule has 0 atom stereocenters. The first-order chi connectivity index (χ1) is 10.1. The van der Waals surface area contributed by atoms with Gasteiger partial charge in [0.25, 0.3) is 0 Å². The van der Waals surface area contributed by atoms with E-state index in [1.165, 1.54) is 11.8 Å². The molecule has 1 N–H and O–H groups in total. The zero-order valence-electron chi connectivity index (χ0n) is 11.4. The van der Waals surface area contributed by atoms with E-state index in [0.717, 1.165) is 29.9 Å². The molecule has 0 saturated heterocycles. The van der Waals surface area contributed by atoms with Gasteiger partial charge >= 0.3 is 5.97 Å². The highest BCUT2D eigenvalue weighted by Crippen LogP contribution is 2.41. The fourth-order valence-corrected chi connectivity index (χ4v) is 3.01. The minimum absolute atomic E-state index is 0.0393. The van der Waals surface area contributed by atoms with Gasteiger partial charge in [-0.1, -0.05) is 29.4 Å². The van der Waals surface area contributed by atoms with E-state index in [-0.39, 0.29) is 5.75 Å². The summed E-state index contributed by atoms with van der Waals surface area (Å²) in [6.07, 6.45) is 2.20. The Bertz CT molecular complexity index is 698. The average Bonchev–Trinajstić information content (AvgIpc) is 3.20. The fourth-order valence-electron chi connectivity index (χ4n) is 2.17. The van der Waals surface area contributed by atoms with Crippen molar-refractivity contribution in [1.82, 2.24) is 14.8 Å². The van der Waals surface area contributed by atoms with Gasteiger partial charge in [-0.15, -0.1) is 10.2 Å². The largest absolute Gasteiger partial charge is 0.481 e. The van der Waals surface area contributed by atoms with E-state index in [9.17, 15) is 4.79 Å². The maximum Gasteiger partial charge on any atom is 0.313 e. The van der Waals surface area contributed by atoms with Gasteiger partial charge < -0.3 is 5.11 Å². The Hall–Kier alpha value is -1.53. The van der Waals surface area contributed by atoms with Crippen molar-refractivity contribution in [3.8, 4) is 5.69 Å². The predicted octanol–water partition coefficient (Wildman–Crippen LogP) is 3.28. The van der Waals surface area contributed by atoms with Gasteiger partial charge in [0.15, 0.2) is 5.16 Å². The molecule has 0 bridgehead atoms. The van der Waals surface area contributed by atoms with Crippen LogP contribution in [-0.2, 0) is 4.79 Å². The molecule has 110 valence electrons. The minimum atomic E-state index is -0.870. The number of hydrogen-bond donors (Lipinski definition) is 1. The van der Waals surface area contributed by atoms with Gasteiger partial charge in [0, 0.05) is 10.9 Å². The van der Waals surface area contributed by atoms with Crippen molar-refractivity contribution >= 4 is 29.3 Å². The van der Waals surface area contributed by atoms with Crippen molar-refractivity contribution in [2.24, 2.45) is 0 Å². The molecular weight excluding hydrogens is 310 g/mol. The number of aromatic nitrogens is 3. The summed E-state index contributed by atoms with van der Waals surface area (Å²) in [7, 11) is 0. The van der Waals surface area contributed by atoms with Crippen LogP contribution >= 0.6 is 23.4 Å². The second-order valence-electron chi connectivity index (χ2n) is 5.02. The Labute approximate surface area is 131 Å². The van der Waals surface area contributed by atoms with Crippen LogP contribution in [0, 0.1) is 6.92 Å². The lowest BCUT2D eigenvalue weighted by atomic mass is 10.2. The number of hydrogen-bond acceptors (Lipinski definition) is 4. The second-order valence-corrected chi connectivity index (χ2v) is 6.37. The van der Waals surface area contributed by atoms with Crippen LogP contribution in [0.1, 0.15) is 30.1 Å². The predicted molar refractivity (Wildman–Crippen MR) is 81.4 cm³/mol. The molecule has 1 saturated carbocycles. The van der Waals surface area contributed by atoms with Crippen LogP contribution in [-0.4, -0.2) is 31.6 Å². The molecule has 0 unspecified atom stereocenters. The number of carboxylic acids is 1. The van der Waals surface area contributed by atoms with Crippen molar-refractivity contribution in [2.45, 2.75) is 30.8 Å². The summed E-state index contributed by atoms with van der Waals surface area (Å²) in [6.45, 7) is 1.94. The molecule has 1 aliphatic carbocycles. The summed E-state index contributed by atoms with van der Waals surface area (Å²) in [6, 6.07) is 5.68. The van der Waals surface area contributed by atoms with Crippen LogP contribution in [0.2, 0.25) is 5.02 Å². The standard InChI is InChI=1S/C14H14ClN3O2S/c1-8-10(15)3-2-4-11(8)18-13(9-5-6-9)16-17-14(18)21-7-12(19)20/h2-4,9H,5-7H2,1H3,(H,19,20). The molecule has 7 heteroatoms. The van der Waals surface area contributed by atoms with Gasteiger partial charge in [-0.2, -0.15) is 0 Å². The molecule has 0 spiro atoms. The number of halogens is 1. The first kappa shape index (κ1) is 14.4. The maximum absolute atomic E-state index is 10.8. The Morgan fingerprint density at radius 2 is 2.24 bits per heavy atom. The molecule has 3 rings (SSSR count). The molecule has 5 nitrogen and oxygen atoms in total. The quantitative estimate of drug-likeness (QED) is 0.855. The van der Waals surface area contributed by atoms with E-state index in [1.54, 1.807) is 0 Å². The van der Waals surface area contributed by atoms with Crippen LogP contribution in [0.15, 0.2) is 23.4 Å². The van der Waals surface area contributed by atoms with Gasteiger partial charge in [-0.3, -0.25) is 9.36 Å². The number of benzene rings is 1. The van der Waals surface area contributed by atoms with Crippen LogP contribution in [0.25, 0.3) is 5.69 Å². The Morgan fingerprint density at radius 3 is 2.90 bits per heavy atom. The van der Waals surface area contributed by atoms with E-state index in [0.29, 0.717) is 16.1 Å². The molecule has 1 fully saturated rings. The molecule has 1 heterocycles. The number of nitrogens with zero attached hydrogens (tertiary/aromatic N) is 3. The van der Waals surface area contributed by atoms with E-state index in [4.69, 9.17) is 16.7 Å². The zero-order chi connectivity index (χ0) is 15.0. The molecule has 1 aromatic heterocycles. The van der Waals surface area contributed by atoms with Crippen molar-refractivity contribution in [3.63, 3.8) is 0 Å². The minimum Gasteiger partial charge on any atom is -0.481 e. The number of rotatable bonds is 5. The number of aliphatic carboxylic acids is 1. The van der Waals surface area contributed by atoms with Crippen molar-refractivity contribution in [2.75, 3.05) is 5.75 Å². The highest BCUT2D eigenvalue weighted by molar-refractivity contribution is 7.99. The Morgan fingerprint density at radius 1 is 1.48 bits per heavy atom. The molecule has 0 aliphatic heterocycles. The SMILES string of the molecule is Cc1c(Cl)cccc1-n1c(SCC(=O)O)nnc1C1CC1. The van der Waals surface area contributed by atoms with Crippen molar-refractivity contribution < 1.29 is 9.90 Å². The lowest BCUT2D eigenvalue weighted by molar-refractivity contribution is -0.133. The van der Waals surface area contributed by atoms with E-state index >= 15 is 0 Å². The average molecular weight is 324 g/mol. The van der Waals surface area contributed by atoms with E-state index < -0.39 is 5.97 Å². The lowest BCUT2D eigenvalue weighted by Gasteiger charge is -2.13. The van der Waals surface area contributed by atoms with Gasteiger partial charge in [0.05, 0.1) is 11.4 Å². The first-order valence-electron chi connectivity index (χ1n) is 6.63. The van der Waals surface area contributed by atoms with Gasteiger partial charge in [-0.05, 0) is 37.5 Å². The number of carboxylic acid groups (broad SMARTS) is 1. The number of carbonyl (C=O) groups is 1. The third kappa shape index (κ3) is 2.91. The van der Waals surface area contributed by atoms with Crippen molar-refractivity contribution in [3.05, 3.63) is 34.6 Å². The highest BCUT2D eigenvalue weighted by Gasteiger charge is 2.31. The monoisotopic (exact) mass is 323 g/mol. The topological polar surface area (TPSA) is 68.0 Å². The molecular formula is C14H14ClN3O2S. The summed E-state index contributed by atoms with van der Waals surface area (Å²) in [5.41, 5.74) is 1.86. The van der Waals surface area contributed by atoms with Crippen LogP contribution in [0.5, 0.6) is 0 Å². The van der Waals surface area contributed by atoms with Gasteiger partial charge in [-0.25, -0.2) is 0 Å². The highest BCUT2D eigenvalue weighted by atomic mass is 35.5. The molecule has 2 aromatic rings. The van der Waals surface area contributed by atoms with Gasteiger partial charge in [0.2, 0.25) is 0 Å². The lowest BCUT2D eigenvalue weighted by Crippen LogP contribution is -2.06. The summed E-state index contributed by atoms with van der Waals surface area (Å²) >= 11 is 7.38. The summed E-state index contributed by atoms with van der Waals surface area (Å²) in [5, 5.41) is 18.6. The molecule has 0 amide bonds. The summed E-state index contributed by atoms with van der Waals surface area (Å²) < 4.78 is 1.95. The van der Waals surface area contributed by atoms with Crippen LogP contribution in [0.3, 0.4) is 0 Å². The van der Waals surface area contributed by atoms with E-state index in [2.05, 4.69) is 10.2 Å². The van der Waals surface area contributed by atoms with Crippen LogP contribution < -0.4 is 0 Å². The van der Waals surface area contributed by atoms with E-state index in [1.807, 2.05) is 29.7 Å². The second kappa shape index (κ2) is 5.69. The first-order valence-corrected chi connectivity index (χ1v) is 7.99. The fraction of sp³-hybridized carbons (Fsp3) is 0.357. The molecule has 21 heavy (non-hydrogen) atoms. The number of thioether (sulfide) groups is 1. The van der Waals surface area contributed by atoms with Crippen LogP contribution in [0.4, 0.5) is 0 Å². The third-order valence-corrected chi connectivity index (χ3v) is 4.73. The molecule has 1 aromatic carbocycles. The zero-order valence-corrected chi connectivity index (χ0v) is 13.0. The maximum atomic E-state index is 10.8. The molecule has 0 radical (unpaired) electrons. The summed E-state index contributed by atoms with van der Waals surface area (Å²) in [5.74, 6) is 0.399. The van der Waals surface area contributed by atoms with Gasteiger partial charge in [0.1, 0.15) is 5.82 Å². The normalized spacial score (nSPS) is 14.4. The molecule has 1 aliphatic rings. The Kier molecular flexibility index (Phi) is 3.91. The third-order valence-electron chi connectivity index (χ3n) is 3.41. The summed E-state index contributed by atoms with van der Waals surface area (Å²) in [4.78, 5) is 10.8. The Balaban J connectivity index is 2.07. The smallest absolute Gasteiger partial charge is 0.313 e. The van der Waals surface area contributed by atoms with Crippen molar-refractivity contribution in [1.29, 1.82) is 0 Å².